The molecule has 0 aliphatic heterocycles. The molecule has 0 N–H and O–H groups in total. The van der Waals surface area contributed by atoms with Crippen molar-refractivity contribution in [1.29, 1.82) is 0 Å². The summed E-state index contributed by atoms with van der Waals surface area (Å²) in [5.74, 6) is -0.792. The topological polar surface area (TPSA) is 96.0 Å². The van der Waals surface area contributed by atoms with Gasteiger partial charge in [-0.2, -0.15) is 0 Å². The first kappa shape index (κ1) is 51.1. The number of esters is 3. The molecule has 0 radical (unpaired) electrons. The number of ether oxygens (including phenoxy) is 3. The van der Waals surface area contributed by atoms with Gasteiger partial charge >= 0.3 is 17.9 Å². The van der Waals surface area contributed by atoms with Crippen LogP contribution in [0.4, 0.5) is 0 Å². The monoisotopic (exact) mass is 751 g/mol. The zero-order valence-corrected chi connectivity index (χ0v) is 35.3. The molecule has 53 heavy (non-hydrogen) atoms. The molecule has 0 aromatic heterocycles. The van der Waals surface area contributed by atoms with E-state index in [1.165, 1.54) is 128 Å². The molecule has 7 nitrogen and oxygen atoms in total. The third-order valence-electron chi connectivity index (χ3n) is 10.4. The van der Waals surface area contributed by atoms with Gasteiger partial charge in [-0.05, 0) is 25.2 Å². The van der Waals surface area contributed by atoms with E-state index in [9.17, 15) is 19.2 Å². The highest BCUT2D eigenvalue weighted by Gasteiger charge is 2.21. The van der Waals surface area contributed by atoms with Crippen LogP contribution in [0.15, 0.2) is 0 Å². The molecule has 0 heterocycles. The Morgan fingerprint density at radius 3 is 1.17 bits per heavy atom. The molecule has 7 heteroatoms. The van der Waals surface area contributed by atoms with Crippen molar-refractivity contribution in [1.82, 2.24) is 0 Å². The first-order valence-electron chi connectivity index (χ1n) is 22.9. The average molecular weight is 751 g/mol. The summed E-state index contributed by atoms with van der Waals surface area (Å²) in [6.45, 7) is 6.36. The van der Waals surface area contributed by atoms with Crippen molar-refractivity contribution in [3.63, 3.8) is 0 Å². The van der Waals surface area contributed by atoms with Crippen LogP contribution in [-0.4, -0.2) is 43.5 Å². The third kappa shape index (κ3) is 39.6. The predicted molar refractivity (Wildman–Crippen MR) is 220 cm³/mol. The van der Waals surface area contributed by atoms with E-state index in [1.807, 2.05) is 6.92 Å². The van der Waals surface area contributed by atoms with Crippen LogP contribution >= 0.6 is 0 Å². The van der Waals surface area contributed by atoms with Crippen molar-refractivity contribution < 1.29 is 33.4 Å². The minimum atomic E-state index is -0.802. The Hall–Kier alpha value is -1.92. The number of aldehydes is 1. The number of carbonyl (C=O) groups excluding carboxylic acids is 4. The molecule has 0 bridgehead atoms. The molecular weight excluding hydrogens is 664 g/mol. The molecule has 0 aliphatic rings. The second-order valence-corrected chi connectivity index (χ2v) is 15.9. The van der Waals surface area contributed by atoms with Crippen LogP contribution in [0.5, 0.6) is 0 Å². The van der Waals surface area contributed by atoms with Crippen LogP contribution in [0, 0.1) is 5.92 Å². The van der Waals surface area contributed by atoms with Crippen molar-refractivity contribution in [2.45, 2.75) is 252 Å². The fourth-order valence-electron chi connectivity index (χ4n) is 6.90. The molecule has 0 aliphatic carbocycles. The lowest BCUT2D eigenvalue weighted by Gasteiger charge is -2.19. The smallest absolute Gasteiger partial charge is 0.306 e. The maximum atomic E-state index is 12.8. The summed E-state index contributed by atoms with van der Waals surface area (Å²) in [6, 6.07) is 0. The molecular formula is C46H86O7. The average Bonchev–Trinajstić information content (AvgIpc) is 3.14. The van der Waals surface area contributed by atoms with Crippen molar-refractivity contribution >= 4 is 24.2 Å². The Morgan fingerprint density at radius 1 is 0.453 bits per heavy atom. The minimum absolute atomic E-state index is 0.0971. The Labute approximate surface area is 327 Å². The third-order valence-corrected chi connectivity index (χ3v) is 10.4. The van der Waals surface area contributed by atoms with Crippen LogP contribution in [-0.2, 0) is 33.4 Å². The van der Waals surface area contributed by atoms with Crippen molar-refractivity contribution in [3.8, 4) is 0 Å². The van der Waals surface area contributed by atoms with Gasteiger partial charge in [0, 0.05) is 25.7 Å². The van der Waals surface area contributed by atoms with Gasteiger partial charge in [-0.1, -0.05) is 201 Å². The summed E-state index contributed by atoms with van der Waals surface area (Å²) in [4.78, 5) is 48.3. The van der Waals surface area contributed by atoms with Crippen LogP contribution in [0.3, 0.4) is 0 Å². The molecule has 0 fully saturated rings. The summed E-state index contributed by atoms with van der Waals surface area (Å²) < 4.78 is 16.7. The van der Waals surface area contributed by atoms with E-state index < -0.39 is 6.10 Å². The van der Waals surface area contributed by atoms with Gasteiger partial charge in [0.15, 0.2) is 6.10 Å². The highest BCUT2D eigenvalue weighted by atomic mass is 16.6. The lowest BCUT2D eigenvalue weighted by Crippen LogP contribution is -2.31. The highest BCUT2D eigenvalue weighted by molar-refractivity contribution is 5.71. The number of hydrogen-bond donors (Lipinski definition) is 0. The predicted octanol–water partition coefficient (Wildman–Crippen LogP) is 13.5. The summed E-state index contributed by atoms with van der Waals surface area (Å²) in [6.07, 6.45) is 39.0. The summed E-state index contributed by atoms with van der Waals surface area (Å²) in [7, 11) is 0. The summed E-state index contributed by atoms with van der Waals surface area (Å²) in [5, 5.41) is 0. The zero-order chi connectivity index (χ0) is 38.9. The maximum Gasteiger partial charge on any atom is 0.306 e. The largest absolute Gasteiger partial charge is 0.462 e. The van der Waals surface area contributed by atoms with Crippen molar-refractivity contribution in [2.75, 3.05) is 13.2 Å². The van der Waals surface area contributed by atoms with Crippen molar-refractivity contribution in [3.05, 3.63) is 0 Å². The Balaban J connectivity index is 4.37. The second-order valence-electron chi connectivity index (χ2n) is 15.9. The van der Waals surface area contributed by atoms with Gasteiger partial charge in [0.2, 0.25) is 0 Å². The normalized spacial score (nSPS) is 11.8. The Kier molecular flexibility index (Phi) is 39.8. The van der Waals surface area contributed by atoms with Gasteiger partial charge in [-0.3, -0.25) is 14.4 Å². The molecule has 0 aromatic carbocycles. The maximum absolute atomic E-state index is 12.8. The van der Waals surface area contributed by atoms with Crippen molar-refractivity contribution in [2.24, 2.45) is 5.92 Å². The minimum Gasteiger partial charge on any atom is -0.462 e. The number of hydrogen-bond acceptors (Lipinski definition) is 7. The summed E-state index contributed by atoms with van der Waals surface area (Å²) >= 11 is 0. The first-order valence-corrected chi connectivity index (χ1v) is 22.9. The van der Waals surface area contributed by atoms with Crippen LogP contribution in [0.25, 0.3) is 0 Å². The molecule has 0 rings (SSSR count). The van der Waals surface area contributed by atoms with E-state index in [0.29, 0.717) is 19.3 Å². The highest BCUT2D eigenvalue weighted by Crippen LogP contribution is 2.17. The van der Waals surface area contributed by atoms with Gasteiger partial charge < -0.3 is 19.0 Å². The fraction of sp³-hybridized carbons (Fsp3) is 0.913. The van der Waals surface area contributed by atoms with E-state index in [0.717, 1.165) is 76.9 Å². The van der Waals surface area contributed by atoms with Gasteiger partial charge in [0.25, 0.3) is 0 Å². The van der Waals surface area contributed by atoms with Gasteiger partial charge in [0.05, 0.1) is 0 Å². The van der Waals surface area contributed by atoms with Gasteiger partial charge in [0.1, 0.15) is 19.5 Å². The zero-order valence-electron chi connectivity index (χ0n) is 35.3. The van der Waals surface area contributed by atoms with E-state index in [4.69, 9.17) is 14.2 Å². The number of rotatable bonds is 42. The molecule has 0 amide bonds. The Morgan fingerprint density at radius 2 is 0.792 bits per heavy atom. The quantitative estimate of drug-likeness (QED) is 0.0265. The molecule has 0 saturated heterocycles. The lowest BCUT2D eigenvalue weighted by atomic mass is 9.99. The Bertz CT molecular complexity index is 783. The van der Waals surface area contributed by atoms with E-state index in [2.05, 4.69) is 13.8 Å². The lowest BCUT2D eigenvalue weighted by molar-refractivity contribution is -0.167. The molecule has 0 aromatic rings. The van der Waals surface area contributed by atoms with Crippen LogP contribution < -0.4 is 0 Å². The van der Waals surface area contributed by atoms with E-state index in [1.54, 1.807) is 0 Å². The molecule has 1 atom stereocenters. The molecule has 312 valence electrons. The second kappa shape index (κ2) is 41.2. The van der Waals surface area contributed by atoms with E-state index >= 15 is 0 Å². The molecule has 0 spiro atoms. The standard InChI is InChI=1S/C46H86O7/c1-4-6-8-10-12-14-16-18-20-22-24-28-32-36-44(48)51-40-43(53-46(50)39-42(3)35-31-27-26-30-34-38-47)41-52-45(49)37-33-29-25-23-21-19-17-15-13-11-9-7-5-2/h38,42-43H,4-37,39-41H2,1-3H3. The SMILES string of the molecule is CCCCCCCCCCCCCCCC(=O)OCC(COC(=O)CCCCCCCCCCCCCCC)OC(=O)CC(C)CCCCCCC=O. The number of unbranched alkanes of at least 4 members (excludes halogenated alkanes) is 28. The summed E-state index contributed by atoms with van der Waals surface area (Å²) in [5.41, 5.74) is 0. The molecule has 0 saturated carbocycles. The van der Waals surface area contributed by atoms with Crippen LogP contribution in [0.2, 0.25) is 0 Å². The van der Waals surface area contributed by atoms with Gasteiger partial charge in [-0.25, -0.2) is 0 Å². The molecule has 1 unspecified atom stereocenters. The van der Waals surface area contributed by atoms with E-state index in [-0.39, 0.29) is 43.5 Å². The first-order chi connectivity index (χ1) is 25.9. The fourth-order valence-corrected chi connectivity index (χ4v) is 6.90. The van der Waals surface area contributed by atoms with Crippen LogP contribution in [0.1, 0.15) is 245 Å². The van der Waals surface area contributed by atoms with Gasteiger partial charge in [-0.15, -0.1) is 0 Å². The number of carbonyl (C=O) groups is 4.